The average Bonchev–Trinajstić information content (AvgIpc) is 3.25. The minimum absolute atomic E-state index is 0.0445. The van der Waals surface area contributed by atoms with Crippen molar-refractivity contribution in [1.29, 1.82) is 0 Å². The van der Waals surface area contributed by atoms with E-state index in [1.165, 1.54) is 6.08 Å². The second-order valence-electron chi connectivity index (χ2n) is 9.39. The van der Waals surface area contributed by atoms with Gasteiger partial charge in [-0.05, 0) is 44.6 Å². The van der Waals surface area contributed by atoms with Crippen LogP contribution in [0.4, 0.5) is 17.6 Å². The molecule has 0 N–H and O–H groups in total. The third-order valence-electron chi connectivity index (χ3n) is 7.15. The fourth-order valence-corrected chi connectivity index (χ4v) is 4.29. The average molecular weight is 489 g/mol. The van der Waals surface area contributed by atoms with E-state index in [0.29, 0.717) is 38.9 Å². The van der Waals surface area contributed by atoms with Crippen LogP contribution in [0.15, 0.2) is 6.08 Å². The molecular weight excluding hydrogens is 452 g/mol. The summed E-state index contributed by atoms with van der Waals surface area (Å²) in [5, 5.41) is 0. The zero-order chi connectivity index (χ0) is 24.8. The number of unbranched alkanes of at least 4 members (excludes halogenated alkanes) is 3. The van der Waals surface area contributed by atoms with Gasteiger partial charge in [0.2, 0.25) is 11.6 Å². The monoisotopic (exact) mass is 488 g/mol. The Morgan fingerprint density at radius 1 is 0.824 bits per heavy atom. The molecule has 0 amide bonds. The highest BCUT2D eigenvalue weighted by molar-refractivity contribution is 5.64. The highest BCUT2D eigenvalue weighted by Gasteiger charge is 2.38. The molecule has 0 saturated carbocycles. The molecule has 2 aliphatic heterocycles. The molecule has 1 aromatic carbocycles. The quantitative estimate of drug-likeness (QED) is 0.161. The first-order valence-electron chi connectivity index (χ1n) is 12.4. The summed E-state index contributed by atoms with van der Waals surface area (Å²) in [6.07, 6.45) is 7.12. The molecule has 0 atom stereocenters. The van der Waals surface area contributed by atoms with Gasteiger partial charge in [0.05, 0.1) is 32.0 Å². The summed E-state index contributed by atoms with van der Waals surface area (Å²) in [5.41, 5.74) is -1.26. The van der Waals surface area contributed by atoms with Crippen molar-refractivity contribution in [3.8, 4) is 5.75 Å². The minimum Gasteiger partial charge on any atom is -0.487 e. The number of ether oxygens (including phenoxy) is 4. The molecular formula is C26H36F4O4. The van der Waals surface area contributed by atoms with E-state index in [-0.39, 0.29) is 17.8 Å². The van der Waals surface area contributed by atoms with Crippen LogP contribution in [0.25, 0.3) is 5.76 Å². The Labute approximate surface area is 199 Å². The van der Waals surface area contributed by atoms with Crippen LogP contribution in [0.1, 0.15) is 77.7 Å². The Balaban J connectivity index is 1.46. The van der Waals surface area contributed by atoms with Crippen LogP contribution in [0.5, 0.6) is 5.75 Å². The van der Waals surface area contributed by atoms with Crippen molar-refractivity contribution in [2.45, 2.75) is 77.7 Å². The maximum Gasteiger partial charge on any atom is 0.204 e. The molecule has 34 heavy (non-hydrogen) atoms. The van der Waals surface area contributed by atoms with E-state index in [1.54, 1.807) is 0 Å². The lowest BCUT2D eigenvalue weighted by Crippen LogP contribution is -2.45. The largest absolute Gasteiger partial charge is 0.487 e. The van der Waals surface area contributed by atoms with Gasteiger partial charge in [-0.3, -0.25) is 0 Å². The van der Waals surface area contributed by atoms with Crippen LogP contribution >= 0.6 is 0 Å². The molecule has 1 fully saturated rings. The van der Waals surface area contributed by atoms with Gasteiger partial charge in [-0.1, -0.05) is 27.2 Å². The van der Waals surface area contributed by atoms with E-state index < -0.39 is 40.2 Å². The maximum atomic E-state index is 14.7. The smallest absolute Gasteiger partial charge is 0.204 e. The van der Waals surface area contributed by atoms with Crippen LogP contribution in [0, 0.1) is 28.7 Å². The molecule has 4 nitrogen and oxygen atoms in total. The van der Waals surface area contributed by atoms with E-state index in [1.807, 2.05) is 13.8 Å². The normalized spacial score (nSPS) is 18.4. The molecule has 0 spiro atoms. The van der Waals surface area contributed by atoms with Crippen LogP contribution in [0.2, 0.25) is 0 Å². The number of rotatable bonds is 14. The summed E-state index contributed by atoms with van der Waals surface area (Å²) in [5.74, 6) is -7.27. The fraction of sp³-hybridized carbons (Fsp3) is 0.692. The SMILES string of the molecule is CCC1(COCCCCCCOc2c(F)c(F)c(C3=CCC(CC)(CC)O3)c(F)c2F)COC1. The second-order valence-corrected chi connectivity index (χ2v) is 9.39. The number of benzene rings is 1. The molecule has 0 bridgehead atoms. The van der Waals surface area contributed by atoms with Crippen molar-refractivity contribution in [2.24, 2.45) is 5.41 Å². The van der Waals surface area contributed by atoms with Crippen molar-refractivity contribution >= 4 is 5.76 Å². The first-order valence-corrected chi connectivity index (χ1v) is 12.4. The predicted molar refractivity (Wildman–Crippen MR) is 122 cm³/mol. The van der Waals surface area contributed by atoms with Crippen LogP contribution in [-0.2, 0) is 14.2 Å². The minimum atomic E-state index is -1.54. The summed E-state index contributed by atoms with van der Waals surface area (Å²) in [6, 6.07) is 0. The van der Waals surface area contributed by atoms with Gasteiger partial charge in [0.25, 0.3) is 0 Å². The van der Waals surface area contributed by atoms with Crippen molar-refractivity contribution in [3.05, 3.63) is 34.9 Å². The Kier molecular flexibility index (Phi) is 9.27. The molecule has 2 heterocycles. The lowest BCUT2D eigenvalue weighted by atomic mass is 9.84. The highest BCUT2D eigenvalue weighted by Crippen LogP contribution is 2.42. The van der Waals surface area contributed by atoms with Crippen LogP contribution < -0.4 is 4.74 Å². The van der Waals surface area contributed by atoms with Gasteiger partial charge in [-0.2, -0.15) is 8.78 Å². The van der Waals surface area contributed by atoms with E-state index >= 15 is 0 Å². The number of halogens is 4. The Morgan fingerprint density at radius 2 is 1.44 bits per heavy atom. The van der Waals surface area contributed by atoms with Gasteiger partial charge in [-0.15, -0.1) is 0 Å². The first-order chi connectivity index (χ1) is 16.3. The van der Waals surface area contributed by atoms with Gasteiger partial charge in [0.1, 0.15) is 11.4 Å². The Hall–Kier alpha value is -1.80. The molecule has 3 rings (SSSR count). The summed E-state index contributed by atoms with van der Waals surface area (Å²) >= 11 is 0. The van der Waals surface area contributed by atoms with Crippen LogP contribution in [-0.4, -0.2) is 38.6 Å². The third kappa shape index (κ3) is 5.70. The zero-order valence-corrected chi connectivity index (χ0v) is 20.4. The molecule has 1 saturated heterocycles. The second kappa shape index (κ2) is 11.8. The maximum absolute atomic E-state index is 14.7. The summed E-state index contributed by atoms with van der Waals surface area (Å²) in [7, 11) is 0. The fourth-order valence-electron chi connectivity index (χ4n) is 4.29. The van der Waals surface area contributed by atoms with Gasteiger partial charge < -0.3 is 18.9 Å². The summed E-state index contributed by atoms with van der Waals surface area (Å²) in [4.78, 5) is 0. The lowest BCUT2D eigenvalue weighted by molar-refractivity contribution is -0.150. The highest BCUT2D eigenvalue weighted by atomic mass is 19.2. The van der Waals surface area contributed by atoms with Gasteiger partial charge in [-0.25, -0.2) is 8.78 Å². The summed E-state index contributed by atoms with van der Waals surface area (Å²) < 4.78 is 80.4. The van der Waals surface area contributed by atoms with E-state index in [0.717, 1.165) is 38.9 Å². The van der Waals surface area contributed by atoms with Gasteiger partial charge >= 0.3 is 0 Å². The molecule has 0 aliphatic carbocycles. The first kappa shape index (κ1) is 26.8. The van der Waals surface area contributed by atoms with E-state index in [2.05, 4.69) is 6.92 Å². The molecule has 2 aliphatic rings. The topological polar surface area (TPSA) is 36.9 Å². The van der Waals surface area contributed by atoms with E-state index in [9.17, 15) is 17.6 Å². The van der Waals surface area contributed by atoms with Gasteiger partial charge in [0, 0.05) is 18.4 Å². The molecule has 0 aromatic heterocycles. The number of hydrogen-bond acceptors (Lipinski definition) is 4. The predicted octanol–water partition coefficient (Wildman–Crippen LogP) is 6.95. The van der Waals surface area contributed by atoms with Crippen molar-refractivity contribution < 1.29 is 36.5 Å². The Bertz CT molecular complexity index is 828. The van der Waals surface area contributed by atoms with Crippen molar-refractivity contribution in [1.82, 2.24) is 0 Å². The molecule has 1 aromatic rings. The molecule has 8 heteroatoms. The van der Waals surface area contributed by atoms with Gasteiger partial charge in [0.15, 0.2) is 17.4 Å². The molecule has 0 radical (unpaired) electrons. The third-order valence-corrected chi connectivity index (χ3v) is 7.15. The Morgan fingerprint density at radius 3 is 1.94 bits per heavy atom. The zero-order valence-electron chi connectivity index (χ0n) is 20.4. The van der Waals surface area contributed by atoms with Crippen molar-refractivity contribution in [3.63, 3.8) is 0 Å². The molecule has 192 valence electrons. The standard InChI is InChI=1S/C26H36F4O4/c1-4-25(16-32-17-25)15-31-13-9-7-8-10-14-33-24-22(29)20(27)19(21(28)23(24)30)18-11-12-26(5-2,6-3)34-18/h11H,4-10,12-17H2,1-3H3. The lowest BCUT2D eigenvalue weighted by Gasteiger charge is -2.40. The van der Waals surface area contributed by atoms with Crippen molar-refractivity contribution in [2.75, 3.05) is 33.0 Å². The van der Waals surface area contributed by atoms with E-state index in [4.69, 9.17) is 18.9 Å². The summed E-state index contributed by atoms with van der Waals surface area (Å²) in [6.45, 7) is 8.70. The van der Waals surface area contributed by atoms with Crippen LogP contribution in [0.3, 0.4) is 0 Å². The molecule has 0 unspecified atom stereocenters. The number of hydrogen-bond donors (Lipinski definition) is 0.